The average Bonchev–Trinajstić information content (AvgIpc) is 2.94. The van der Waals surface area contributed by atoms with Crippen LogP contribution in [-0.2, 0) is 0 Å². The summed E-state index contributed by atoms with van der Waals surface area (Å²) in [5.41, 5.74) is 2.69. The predicted molar refractivity (Wildman–Crippen MR) is 118 cm³/mol. The summed E-state index contributed by atoms with van der Waals surface area (Å²) in [6.45, 7) is 4.82. The minimum atomic E-state index is -1.91. The van der Waals surface area contributed by atoms with Gasteiger partial charge in [-0.15, -0.1) is 0 Å². The van der Waals surface area contributed by atoms with E-state index in [1.807, 2.05) is 0 Å². The molecular formula is C23H27N2P. The Morgan fingerprint density at radius 2 is 1.19 bits per heavy atom. The fourth-order valence-corrected chi connectivity index (χ4v) is 7.81. The summed E-state index contributed by atoms with van der Waals surface area (Å²) in [5, 5.41) is 2.98. The van der Waals surface area contributed by atoms with Crippen LogP contribution in [0.25, 0.3) is 0 Å². The summed E-state index contributed by atoms with van der Waals surface area (Å²) in [4.78, 5) is 4.99. The fourth-order valence-electron chi connectivity index (χ4n) is 4.14. The van der Waals surface area contributed by atoms with Crippen molar-refractivity contribution in [3.05, 3.63) is 84.9 Å². The van der Waals surface area contributed by atoms with Gasteiger partial charge < -0.3 is 0 Å². The van der Waals surface area contributed by atoms with Crippen LogP contribution in [0.4, 0.5) is 11.4 Å². The van der Waals surface area contributed by atoms with Gasteiger partial charge in [0.05, 0.1) is 0 Å². The zero-order valence-electron chi connectivity index (χ0n) is 15.8. The summed E-state index contributed by atoms with van der Waals surface area (Å²) >= 11 is 0. The van der Waals surface area contributed by atoms with Gasteiger partial charge in [0.2, 0.25) is 0 Å². The van der Waals surface area contributed by atoms with Crippen LogP contribution in [-0.4, -0.2) is 26.2 Å². The van der Waals surface area contributed by atoms with Crippen LogP contribution in [0.3, 0.4) is 0 Å². The molecule has 0 fully saturated rings. The summed E-state index contributed by atoms with van der Waals surface area (Å²) in [7, 11) is 0.295. The Hall–Kier alpha value is -2.31. The molecule has 0 radical (unpaired) electrons. The third kappa shape index (κ3) is 2.79. The first kappa shape index (κ1) is 17.1. The van der Waals surface area contributed by atoms with Gasteiger partial charge in [0.25, 0.3) is 0 Å². The summed E-state index contributed by atoms with van der Waals surface area (Å²) in [6, 6.07) is 31.0. The van der Waals surface area contributed by atoms with Crippen molar-refractivity contribution in [3.8, 4) is 0 Å². The van der Waals surface area contributed by atoms with Gasteiger partial charge in [0.1, 0.15) is 0 Å². The van der Waals surface area contributed by atoms with Crippen molar-refractivity contribution >= 4 is 29.2 Å². The molecule has 1 aliphatic heterocycles. The number of hydrogen-bond acceptors (Lipinski definition) is 2. The topological polar surface area (TPSA) is 6.48 Å². The molecule has 0 bridgehead atoms. The predicted octanol–water partition coefficient (Wildman–Crippen LogP) is 4.28. The number of fused-ring (bicyclic) bond motifs is 1. The molecule has 134 valence electrons. The SMILES string of the molecule is C[C@H]1N(C)c2ccccc2N1C[PH](C)(c1ccccc1)c1ccccc1. The van der Waals surface area contributed by atoms with Crippen LogP contribution in [0.1, 0.15) is 6.92 Å². The van der Waals surface area contributed by atoms with Gasteiger partial charge in [-0.3, -0.25) is 0 Å². The molecule has 3 aromatic carbocycles. The van der Waals surface area contributed by atoms with Crippen LogP contribution in [0, 0.1) is 0 Å². The molecule has 0 spiro atoms. The molecule has 4 rings (SSSR count). The molecular weight excluding hydrogens is 335 g/mol. The van der Waals surface area contributed by atoms with E-state index in [1.54, 1.807) is 0 Å². The third-order valence-electron chi connectivity index (χ3n) is 5.89. The van der Waals surface area contributed by atoms with E-state index in [-0.39, 0.29) is 0 Å². The van der Waals surface area contributed by atoms with E-state index in [1.165, 1.54) is 22.0 Å². The molecule has 2 nitrogen and oxygen atoms in total. The normalized spacial score (nSPS) is 17.3. The molecule has 0 saturated heterocycles. The first-order valence-corrected chi connectivity index (χ1v) is 12.0. The molecule has 3 heteroatoms. The first-order chi connectivity index (χ1) is 12.6. The summed E-state index contributed by atoms with van der Waals surface area (Å²) in [6.07, 6.45) is 1.44. The quantitative estimate of drug-likeness (QED) is 0.639. The van der Waals surface area contributed by atoms with Gasteiger partial charge in [-0.05, 0) is 0 Å². The van der Waals surface area contributed by atoms with Gasteiger partial charge in [-0.1, -0.05) is 0 Å². The van der Waals surface area contributed by atoms with E-state index in [0.29, 0.717) is 6.17 Å². The molecule has 1 atom stereocenters. The van der Waals surface area contributed by atoms with Crippen LogP contribution in [0.2, 0.25) is 0 Å². The third-order valence-corrected chi connectivity index (χ3v) is 10.1. The maximum atomic E-state index is 2.60. The molecule has 3 aromatic rings. The molecule has 1 heterocycles. The molecule has 0 amide bonds. The Balaban J connectivity index is 1.80. The number of anilines is 2. The van der Waals surface area contributed by atoms with Gasteiger partial charge in [0.15, 0.2) is 0 Å². The van der Waals surface area contributed by atoms with Crippen molar-refractivity contribution in [2.24, 2.45) is 0 Å². The van der Waals surface area contributed by atoms with Crippen molar-refractivity contribution in [1.82, 2.24) is 0 Å². The van der Waals surface area contributed by atoms with Crippen LogP contribution >= 0.6 is 7.26 Å². The Morgan fingerprint density at radius 3 is 1.73 bits per heavy atom. The Morgan fingerprint density at radius 1 is 0.731 bits per heavy atom. The van der Waals surface area contributed by atoms with E-state index >= 15 is 0 Å². The first-order valence-electron chi connectivity index (χ1n) is 9.31. The van der Waals surface area contributed by atoms with E-state index in [2.05, 4.69) is 115 Å². The van der Waals surface area contributed by atoms with Crippen molar-refractivity contribution < 1.29 is 0 Å². The molecule has 0 unspecified atom stereocenters. The molecule has 26 heavy (non-hydrogen) atoms. The second-order valence-electron chi connectivity index (χ2n) is 7.42. The van der Waals surface area contributed by atoms with Crippen molar-refractivity contribution in [2.75, 3.05) is 29.8 Å². The number of benzene rings is 3. The van der Waals surface area contributed by atoms with Crippen molar-refractivity contribution in [1.29, 1.82) is 0 Å². The van der Waals surface area contributed by atoms with Gasteiger partial charge in [-0.25, -0.2) is 0 Å². The maximum absolute atomic E-state index is 2.60. The van der Waals surface area contributed by atoms with E-state index < -0.39 is 7.26 Å². The van der Waals surface area contributed by atoms with Crippen molar-refractivity contribution in [3.63, 3.8) is 0 Å². The standard InChI is InChI=1S/C23H27N2P/c1-19-24(2)22-16-10-11-17-23(22)25(19)18-26(3,20-12-6-4-7-13-20)21-14-8-5-9-15-21/h4-17,19,26H,18H2,1-3H3/t19-/m0/s1. The van der Waals surface area contributed by atoms with E-state index in [0.717, 1.165) is 6.29 Å². The number of rotatable bonds is 4. The second-order valence-corrected chi connectivity index (χ2v) is 11.6. The minimum absolute atomic E-state index is 0.367. The summed E-state index contributed by atoms with van der Waals surface area (Å²) in [5.74, 6) is 0. The Labute approximate surface area is 157 Å². The monoisotopic (exact) mass is 362 g/mol. The van der Waals surface area contributed by atoms with Crippen LogP contribution in [0.5, 0.6) is 0 Å². The Kier molecular flexibility index (Phi) is 4.46. The van der Waals surface area contributed by atoms with Gasteiger partial charge in [-0.2, -0.15) is 0 Å². The fraction of sp³-hybridized carbons (Fsp3) is 0.217. The van der Waals surface area contributed by atoms with Gasteiger partial charge in [0, 0.05) is 0 Å². The second kappa shape index (κ2) is 6.78. The number of hydrogen-bond donors (Lipinski definition) is 0. The number of nitrogens with zero attached hydrogens (tertiary/aromatic N) is 2. The molecule has 0 saturated carbocycles. The average molecular weight is 362 g/mol. The van der Waals surface area contributed by atoms with Crippen LogP contribution in [0.15, 0.2) is 84.9 Å². The van der Waals surface area contributed by atoms with Crippen LogP contribution < -0.4 is 20.4 Å². The van der Waals surface area contributed by atoms with E-state index in [4.69, 9.17) is 0 Å². The summed E-state index contributed by atoms with van der Waals surface area (Å²) < 4.78 is 0. The zero-order chi connectivity index (χ0) is 18.1. The zero-order valence-corrected chi connectivity index (χ0v) is 16.8. The molecule has 0 N–H and O–H groups in total. The van der Waals surface area contributed by atoms with Gasteiger partial charge >= 0.3 is 157 Å². The van der Waals surface area contributed by atoms with Crippen molar-refractivity contribution in [2.45, 2.75) is 13.1 Å². The van der Waals surface area contributed by atoms with E-state index in [9.17, 15) is 0 Å². The Bertz CT molecular complexity index is 839. The molecule has 0 aliphatic carbocycles. The molecule has 1 aliphatic rings. The number of para-hydroxylation sites is 2. The molecule has 0 aromatic heterocycles.